The van der Waals surface area contributed by atoms with Gasteiger partial charge in [0.1, 0.15) is 5.69 Å². The number of piperidine rings is 1. The van der Waals surface area contributed by atoms with E-state index in [1.807, 2.05) is 24.7 Å². The molecule has 4 bridgehead atoms. The van der Waals surface area contributed by atoms with Gasteiger partial charge in [-0.15, -0.1) is 5.10 Å². The maximum atomic E-state index is 13.2. The molecule has 0 aromatic carbocycles. The molecule has 7 nitrogen and oxygen atoms in total. The highest BCUT2D eigenvalue weighted by molar-refractivity contribution is 5.75. The van der Waals surface area contributed by atoms with E-state index in [0.29, 0.717) is 5.92 Å². The molecule has 2 heterocycles. The van der Waals surface area contributed by atoms with Gasteiger partial charge < -0.3 is 16.0 Å². The number of amides is 2. The van der Waals surface area contributed by atoms with E-state index in [4.69, 9.17) is 5.73 Å². The summed E-state index contributed by atoms with van der Waals surface area (Å²) in [5.74, 6) is 2.97. The van der Waals surface area contributed by atoms with Gasteiger partial charge in [-0.2, -0.15) is 0 Å². The lowest BCUT2D eigenvalue weighted by Crippen LogP contribution is -2.62. The fourth-order valence-electron chi connectivity index (χ4n) is 6.92. The zero-order valence-electron chi connectivity index (χ0n) is 17.9. The third-order valence-corrected chi connectivity index (χ3v) is 7.86. The maximum absolute atomic E-state index is 13.2. The SMILES string of the molecule is CC(C)(N)c1cn(C[C@H]2CCCN(C(=O)NC34CC5CC(CC(C5)C3)C4)C2)nn1. The second kappa shape index (κ2) is 6.96. The molecular weight excluding hydrogens is 364 g/mol. The quantitative estimate of drug-likeness (QED) is 0.813. The van der Waals surface area contributed by atoms with Crippen LogP contribution in [0.1, 0.15) is 70.9 Å². The van der Waals surface area contributed by atoms with Crippen LogP contribution in [0.5, 0.6) is 0 Å². The molecule has 1 atom stereocenters. The first-order valence-electron chi connectivity index (χ1n) is 11.5. The summed E-state index contributed by atoms with van der Waals surface area (Å²) in [5.41, 5.74) is 6.55. The van der Waals surface area contributed by atoms with E-state index in [9.17, 15) is 4.79 Å². The monoisotopic (exact) mass is 400 g/mol. The molecule has 4 saturated carbocycles. The second-order valence-corrected chi connectivity index (χ2v) is 11.1. The molecule has 1 aliphatic heterocycles. The van der Waals surface area contributed by atoms with E-state index < -0.39 is 5.54 Å². The van der Waals surface area contributed by atoms with Crippen LogP contribution in [0, 0.1) is 23.7 Å². The Hall–Kier alpha value is -1.63. The van der Waals surface area contributed by atoms with Gasteiger partial charge in [0.2, 0.25) is 0 Å². The third kappa shape index (κ3) is 3.90. The number of likely N-dealkylation sites (tertiary alicyclic amines) is 1. The number of hydrogen-bond acceptors (Lipinski definition) is 4. The molecule has 0 radical (unpaired) electrons. The van der Waals surface area contributed by atoms with Crippen molar-refractivity contribution in [1.29, 1.82) is 0 Å². The Morgan fingerprint density at radius 1 is 1.24 bits per heavy atom. The highest BCUT2D eigenvalue weighted by Gasteiger charge is 2.51. The molecule has 160 valence electrons. The molecule has 0 unspecified atom stereocenters. The number of nitrogens with one attached hydrogen (secondary N) is 1. The summed E-state index contributed by atoms with van der Waals surface area (Å²) in [6.07, 6.45) is 12.0. The largest absolute Gasteiger partial charge is 0.333 e. The van der Waals surface area contributed by atoms with Gasteiger partial charge in [-0.1, -0.05) is 5.21 Å². The molecular formula is C22H36N6O. The number of nitrogens with two attached hydrogens (primary N) is 1. The number of aromatic nitrogens is 3. The summed E-state index contributed by atoms with van der Waals surface area (Å²) in [4.78, 5) is 15.2. The minimum Gasteiger partial charge on any atom is -0.333 e. The van der Waals surface area contributed by atoms with E-state index in [0.717, 1.165) is 55.9 Å². The van der Waals surface area contributed by atoms with Gasteiger partial charge in [-0.3, -0.25) is 4.68 Å². The van der Waals surface area contributed by atoms with Crippen molar-refractivity contribution in [2.75, 3.05) is 13.1 Å². The van der Waals surface area contributed by atoms with Crippen molar-refractivity contribution in [2.45, 2.75) is 82.8 Å². The molecule has 0 spiro atoms. The topological polar surface area (TPSA) is 89.1 Å². The van der Waals surface area contributed by atoms with Crippen molar-refractivity contribution in [1.82, 2.24) is 25.2 Å². The molecule has 6 rings (SSSR count). The lowest BCUT2D eigenvalue weighted by Gasteiger charge is -2.57. The van der Waals surface area contributed by atoms with Crippen LogP contribution in [-0.4, -0.2) is 44.6 Å². The van der Waals surface area contributed by atoms with Crippen LogP contribution >= 0.6 is 0 Å². The van der Waals surface area contributed by atoms with Crippen molar-refractivity contribution in [3.05, 3.63) is 11.9 Å². The summed E-state index contributed by atoms with van der Waals surface area (Å²) in [6, 6.07) is 0.166. The number of carbonyl (C=O) groups is 1. The Morgan fingerprint density at radius 2 is 1.90 bits per heavy atom. The molecule has 7 heteroatoms. The van der Waals surface area contributed by atoms with Crippen LogP contribution in [-0.2, 0) is 12.1 Å². The van der Waals surface area contributed by atoms with Crippen LogP contribution in [0.15, 0.2) is 6.20 Å². The molecule has 1 aromatic heterocycles. The first-order chi connectivity index (χ1) is 13.8. The number of rotatable bonds is 4. The molecule has 5 fully saturated rings. The minimum atomic E-state index is -0.478. The van der Waals surface area contributed by atoms with Crippen molar-refractivity contribution in [2.24, 2.45) is 29.4 Å². The fraction of sp³-hybridized carbons (Fsp3) is 0.864. The first kappa shape index (κ1) is 19.3. The highest BCUT2D eigenvalue weighted by atomic mass is 16.2. The lowest BCUT2D eigenvalue weighted by atomic mass is 9.53. The van der Waals surface area contributed by atoms with E-state index in [-0.39, 0.29) is 11.6 Å². The van der Waals surface area contributed by atoms with E-state index in [1.54, 1.807) is 0 Å². The summed E-state index contributed by atoms with van der Waals surface area (Å²) in [6.45, 7) is 6.35. The van der Waals surface area contributed by atoms with Crippen molar-refractivity contribution >= 4 is 6.03 Å². The van der Waals surface area contributed by atoms with Crippen molar-refractivity contribution in [3.63, 3.8) is 0 Å². The normalized spacial score (nSPS) is 36.4. The van der Waals surface area contributed by atoms with Gasteiger partial charge in [-0.05, 0) is 88.9 Å². The first-order valence-corrected chi connectivity index (χ1v) is 11.5. The van der Waals surface area contributed by atoms with Gasteiger partial charge in [0.25, 0.3) is 0 Å². The average Bonchev–Trinajstić information content (AvgIpc) is 3.09. The lowest BCUT2D eigenvalue weighted by molar-refractivity contribution is -0.0164. The molecule has 29 heavy (non-hydrogen) atoms. The number of nitrogens with zero attached hydrogens (tertiary/aromatic N) is 4. The Morgan fingerprint density at radius 3 is 2.48 bits per heavy atom. The molecule has 2 amide bonds. The van der Waals surface area contributed by atoms with Gasteiger partial charge >= 0.3 is 6.03 Å². The number of carbonyl (C=O) groups excluding carboxylic acids is 1. The molecule has 4 aliphatic carbocycles. The smallest absolute Gasteiger partial charge is 0.317 e. The standard InChI is InChI=1S/C22H36N6O/c1-21(2,23)19-14-28(26-25-19)13-15-4-3-5-27(12-15)20(29)24-22-9-16-6-17(10-22)8-18(7-16)11-22/h14-18H,3-13,23H2,1-2H3,(H,24,29)/t15-,16?,17?,18?,22?/m0/s1. The summed E-state index contributed by atoms with van der Waals surface area (Å²) in [5, 5.41) is 12.0. The molecule has 5 aliphatic rings. The van der Waals surface area contributed by atoms with Crippen LogP contribution in [0.3, 0.4) is 0 Å². The maximum Gasteiger partial charge on any atom is 0.317 e. The predicted molar refractivity (Wildman–Crippen MR) is 111 cm³/mol. The van der Waals surface area contributed by atoms with Crippen molar-refractivity contribution in [3.8, 4) is 0 Å². The summed E-state index contributed by atoms with van der Waals surface area (Å²) >= 11 is 0. The fourth-order valence-corrected chi connectivity index (χ4v) is 6.92. The molecule has 3 N–H and O–H groups in total. The van der Waals surface area contributed by atoms with Crippen LogP contribution in [0.2, 0.25) is 0 Å². The zero-order chi connectivity index (χ0) is 20.2. The van der Waals surface area contributed by atoms with Gasteiger partial charge in [0.15, 0.2) is 0 Å². The zero-order valence-corrected chi connectivity index (χ0v) is 17.9. The Labute approximate surface area is 173 Å². The Balaban J connectivity index is 1.20. The molecule has 1 aromatic rings. The predicted octanol–water partition coefficient (Wildman–Crippen LogP) is 2.86. The van der Waals surface area contributed by atoms with Gasteiger partial charge in [0.05, 0.1) is 11.7 Å². The number of urea groups is 1. The van der Waals surface area contributed by atoms with Crippen LogP contribution in [0.4, 0.5) is 4.79 Å². The van der Waals surface area contributed by atoms with Gasteiger partial charge in [0, 0.05) is 25.2 Å². The second-order valence-electron chi connectivity index (χ2n) is 11.1. The van der Waals surface area contributed by atoms with E-state index >= 15 is 0 Å². The van der Waals surface area contributed by atoms with Crippen LogP contribution < -0.4 is 11.1 Å². The van der Waals surface area contributed by atoms with Gasteiger partial charge in [-0.25, -0.2) is 4.79 Å². The Bertz CT molecular complexity index is 730. The van der Waals surface area contributed by atoms with Crippen molar-refractivity contribution < 1.29 is 4.79 Å². The summed E-state index contributed by atoms with van der Waals surface area (Å²) in [7, 11) is 0. The van der Waals surface area contributed by atoms with E-state index in [1.165, 1.54) is 38.5 Å². The summed E-state index contributed by atoms with van der Waals surface area (Å²) < 4.78 is 1.90. The van der Waals surface area contributed by atoms with Crippen LogP contribution in [0.25, 0.3) is 0 Å². The highest BCUT2D eigenvalue weighted by Crippen LogP contribution is 2.55. The Kier molecular flexibility index (Phi) is 4.64. The third-order valence-electron chi connectivity index (χ3n) is 7.86. The average molecular weight is 401 g/mol. The minimum absolute atomic E-state index is 0.0896. The van der Waals surface area contributed by atoms with E-state index in [2.05, 4.69) is 20.5 Å². The number of hydrogen-bond donors (Lipinski definition) is 2. The molecule has 1 saturated heterocycles.